The summed E-state index contributed by atoms with van der Waals surface area (Å²) >= 11 is 0. The van der Waals surface area contributed by atoms with Gasteiger partial charge in [-0.3, -0.25) is 4.79 Å². The van der Waals surface area contributed by atoms with Gasteiger partial charge in [0.1, 0.15) is 0 Å². The fourth-order valence-electron chi connectivity index (χ4n) is 4.84. The Morgan fingerprint density at radius 2 is 1.75 bits per heavy atom. The molecule has 3 nitrogen and oxygen atoms in total. The molecule has 32 heavy (non-hydrogen) atoms. The van der Waals surface area contributed by atoms with E-state index in [2.05, 4.69) is 0 Å². The highest BCUT2D eigenvalue weighted by atomic mass is 19.4. The van der Waals surface area contributed by atoms with Gasteiger partial charge in [0, 0.05) is 19.0 Å². The van der Waals surface area contributed by atoms with Crippen molar-refractivity contribution in [2.45, 2.75) is 32.0 Å². The summed E-state index contributed by atoms with van der Waals surface area (Å²) in [5, 5.41) is 1.48. The van der Waals surface area contributed by atoms with Crippen LogP contribution >= 0.6 is 0 Å². The molecular weight excluding hydrogens is 415 g/mol. The van der Waals surface area contributed by atoms with E-state index in [4.69, 9.17) is 4.74 Å². The standard InChI is InChI=1S/C26H22F3NO2/c1-15-6-3-8-18-17(15)7-4-9-19(18)23-24(26(27,28)29)20-14-16(22-10-5-13-32-22)11-12-21(20)30(2)25(23)31/h3-4,6-9,11-12,14,22H,5,10,13H2,1-2H3. The van der Waals surface area contributed by atoms with Gasteiger partial charge in [-0.15, -0.1) is 0 Å². The maximum atomic E-state index is 14.6. The van der Waals surface area contributed by atoms with Gasteiger partial charge >= 0.3 is 6.18 Å². The lowest BCUT2D eigenvalue weighted by Crippen LogP contribution is -2.25. The first kappa shape index (κ1) is 20.8. The third kappa shape index (κ3) is 3.21. The number of benzene rings is 3. The number of ether oxygens (including phenoxy) is 1. The van der Waals surface area contributed by atoms with Crippen molar-refractivity contribution in [1.29, 1.82) is 0 Å². The van der Waals surface area contributed by atoms with Crippen LogP contribution in [0.1, 0.15) is 35.6 Å². The number of halogens is 3. The maximum absolute atomic E-state index is 14.6. The van der Waals surface area contributed by atoms with Gasteiger partial charge in [-0.25, -0.2) is 0 Å². The topological polar surface area (TPSA) is 31.2 Å². The number of nitrogens with zero attached hydrogens (tertiary/aromatic N) is 1. The summed E-state index contributed by atoms with van der Waals surface area (Å²) in [5.41, 5.74) is 0.337. The van der Waals surface area contributed by atoms with Gasteiger partial charge in [-0.2, -0.15) is 13.2 Å². The molecule has 3 aromatic carbocycles. The van der Waals surface area contributed by atoms with Crippen LogP contribution in [0.25, 0.3) is 32.8 Å². The zero-order chi connectivity index (χ0) is 22.6. The van der Waals surface area contributed by atoms with Crippen molar-refractivity contribution in [2.75, 3.05) is 6.61 Å². The molecule has 0 saturated carbocycles. The highest BCUT2D eigenvalue weighted by molar-refractivity contribution is 6.01. The van der Waals surface area contributed by atoms with Crippen LogP contribution < -0.4 is 5.56 Å². The van der Waals surface area contributed by atoms with Crippen LogP contribution in [0.3, 0.4) is 0 Å². The predicted octanol–water partition coefficient (Wildman–Crippen LogP) is 6.54. The molecule has 0 aliphatic carbocycles. The fraction of sp³-hybridized carbons (Fsp3) is 0.269. The van der Waals surface area contributed by atoms with Crippen molar-refractivity contribution in [2.24, 2.45) is 7.05 Å². The third-order valence-corrected chi connectivity index (χ3v) is 6.41. The van der Waals surface area contributed by atoms with E-state index in [1.807, 2.05) is 19.1 Å². The molecule has 1 saturated heterocycles. The molecule has 5 rings (SSSR count). The molecule has 1 aromatic heterocycles. The van der Waals surface area contributed by atoms with E-state index < -0.39 is 17.3 Å². The average Bonchev–Trinajstić information content (AvgIpc) is 3.30. The molecule has 0 spiro atoms. The Hall–Kier alpha value is -3.12. The van der Waals surface area contributed by atoms with E-state index in [1.165, 1.54) is 11.6 Å². The smallest absolute Gasteiger partial charge is 0.374 e. The van der Waals surface area contributed by atoms with Crippen molar-refractivity contribution < 1.29 is 17.9 Å². The highest BCUT2D eigenvalue weighted by Crippen LogP contribution is 2.43. The molecule has 2 heterocycles. The molecule has 0 radical (unpaired) electrons. The molecule has 0 N–H and O–H groups in total. The van der Waals surface area contributed by atoms with E-state index in [1.54, 1.807) is 42.5 Å². The largest absolute Gasteiger partial charge is 0.417 e. The molecule has 4 aromatic rings. The summed E-state index contributed by atoms with van der Waals surface area (Å²) in [6.45, 7) is 2.51. The summed E-state index contributed by atoms with van der Waals surface area (Å²) in [5.74, 6) is 0. The average molecular weight is 437 g/mol. The van der Waals surface area contributed by atoms with E-state index in [-0.39, 0.29) is 22.6 Å². The van der Waals surface area contributed by atoms with Crippen LogP contribution in [-0.2, 0) is 18.0 Å². The minimum atomic E-state index is -4.71. The minimum Gasteiger partial charge on any atom is -0.374 e. The van der Waals surface area contributed by atoms with Crippen LogP contribution in [0.15, 0.2) is 59.4 Å². The SMILES string of the molecule is Cc1cccc2c(-c3c(C(F)(F)F)c4cc(C5CCCO5)ccc4n(C)c3=O)cccc12. The van der Waals surface area contributed by atoms with Gasteiger partial charge < -0.3 is 9.30 Å². The third-order valence-electron chi connectivity index (χ3n) is 6.41. The normalized spacial score (nSPS) is 16.8. The van der Waals surface area contributed by atoms with Crippen LogP contribution in [-0.4, -0.2) is 11.2 Å². The minimum absolute atomic E-state index is 0.0206. The zero-order valence-electron chi connectivity index (χ0n) is 17.8. The fourth-order valence-corrected chi connectivity index (χ4v) is 4.84. The number of rotatable bonds is 2. The van der Waals surface area contributed by atoms with Crippen LogP contribution in [0.5, 0.6) is 0 Å². The molecular formula is C26H22F3NO2. The lowest BCUT2D eigenvalue weighted by Gasteiger charge is -2.20. The molecule has 6 heteroatoms. The number of aromatic nitrogens is 1. The van der Waals surface area contributed by atoms with Gasteiger partial charge in [0.2, 0.25) is 0 Å². The molecule has 1 aliphatic rings. The Morgan fingerprint density at radius 3 is 2.47 bits per heavy atom. The van der Waals surface area contributed by atoms with Crippen molar-refractivity contribution >= 4 is 21.7 Å². The first-order valence-electron chi connectivity index (χ1n) is 10.6. The lowest BCUT2D eigenvalue weighted by atomic mass is 9.91. The predicted molar refractivity (Wildman–Crippen MR) is 120 cm³/mol. The Kier molecular flexibility index (Phi) is 4.86. The van der Waals surface area contributed by atoms with E-state index in [9.17, 15) is 18.0 Å². The van der Waals surface area contributed by atoms with Gasteiger partial charge in [-0.1, -0.05) is 42.5 Å². The summed E-state index contributed by atoms with van der Waals surface area (Å²) < 4.78 is 50.8. The van der Waals surface area contributed by atoms with Crippen molar-refractivity contribution in [3.05, 3.63) is 81.6 Å². The molecule has 1 aliphatic heterocycles. The van der Waals surface area contributed by atoms with Crippen LogP contribution in [0.4, 0.5) is 13.2 Å². The lowest BCUT2D eigenvalue weighted by molar-refractivity contribution is -0.135. The zero-order valence-corrected chi connectivity index (χ0v) is 17.8. The monoisotopic (exact) mass is 437 g/mol. The Balaban J connectivity index is 1.92. The molecule has 1 fully saturated rings. The summed E-state index contributed by atoms with van der Waals surface area (Å²) in [6.07, 6.45) is -3.28. The number of hydrogen-bond donors (Lipinski definition) is 0. The molecule has 0 amide bonds. The van der Waals surface area contributed by atoms with Crippen molar-refractivity contribution in [3.63, 3.8) is 0 Å². The van der Waals surface area contributed by atoms with E-state index in [0.717, 1.165) is 23.8 Å². The molecule has 164 valence electrons. The van der Waals surface area contributed by atoms with Crippen molar-refractivity contribution in [1.82, 2.24) is 4.57 Å². The van der Waals surface area contributed by atoms with E-state index in [0.29, 0.717) is 23.1 Å². The second-order valence-electron chi connectivity index (χ2n) is 8.37. The Bertz CT molecular complexity index is 1410. The van der Waals surface area contributed by atoms with Crippen LogP contribution in [0, 0.1) is 6.92 Å². The number of aryl methyl sites for hydroxylation is 2. The Labute approximate surface area is 183 Å². The number of pyridine rings is 1. The quantitative estimate of drug-likeness (QED) is 0.357. The molecule has 0 bridgehead atoms. The van der Waals surface area contributed by atoms with Gasteiger partial charge in [0.15, 0.2) is 0 Å². The second kappa shape index (κ2) is 7.48. The first-order valence-corrected chi connectivity index (χ1v) is 10.6. The summed E-state index contributed by atoms with van der Waals surface area (Å²) in [4.78, 5) is 13.4. The van der Waals surface area contributed by atoms with Crippen molar-refractivity contribution in [3.8, 4) is 11.1 Å². The highest BCUT2D eigenvalue weighted by Gasteiger charge is 2.38. The van der Waals surface area contributed by atoms with Gasteiger partial charge in [0.05, 0.1) is 22.7 Å². The van der Waals surface area contributed by atoms with Gasteiger partial charge in [-0.05, 0) is 59.4 Å². The summed E-state index contributed by atoms with van der Waals surface area (Å²) in [6, 6.07) is 15.6. The molecule has 1 unspecified atom stereocenters. The second-order valence-corrected chi connectivity index (χ2v) is 8.37. The van der Waals surface area contributed by atoms with E-state index >= 15 is 0 Å². The summed E-state index contributed by atoms with van der Waals surface area (Å²) in [7, 11) is 1.52. The Morgan fingerprint density at radius 1 is 1.00 bits per heavy atom. The van der Waals surface area contributed by atoms with Gasteiger partial charge in [0.25, 0.3) is 5.56 Å². The number of hydrogen-bond acceptors (Lipinski definition) is 2. The number of alkyl halides is 3. The first-order chi connectivity index (χ1) is 15.3. The number of fused-ring (bicyclic) bond motifs is 2. The maximum Gasteiger partial charge on any atom is 0.417 e. The van der Waals surface area contributed by atoms with Crippen LogP contribution in [0.2, 0.25) is 0 Å². The molecule has 1 atom stereocenters.